The first kappa shape index (κ1) is 14.9. The Morgan fingerprint density at radius 3 is 2.90 bits per heavy atom. The number of piperidine rings is 1. The minimum Gasteiger partial charge on any atom is -0.496 e. The second-order valence-electron chi connectivity index (χ2n) is 5.61. The molecule has 1 aliphatic rings. The Morgan fingerprint density at radius 2 is 2.20 bits per heavy atom. The third-order valence-electron chi connectivity index (χ3n) is 3.95. The van der Waals surface area contributed by atoms with Gasteiger partial charge in [0.25, 0.3) is 0 Å². The third-order valence-corrected chi connectivity index (χ3v) is 3.95. The van der Waals surface area contributed by atoms with Gasteiger partial charge in [0, 0.05) is 5.56 Å². The molecule has 1 amide bonds. The maximum Gasteiger partial charge on any atom is 0.237 e. The minimum atomic E-state index is -0.0732. The van der Waals surface area contributed by atoms with Crippen molar-refractivity contribution in [1.82, 2.24) is 10.6 Å². The molecule has 110 valence electrons. The summed E-state index contributed by atoms with van der Waals surface area (Å²) < 4.78 is 5.34. The van der Waals surface area contributed by atoms with E-state index in [1.165, 1.54) is 0 Å². The van der Waals surface area contributed by atoms with Gasteiger partial charge in [0.15, 0.2) is 0 Å². The summed E-state index contributed by atoms with van der Waals surface area (Å²) >= 11 is 0. The third kappa shape index (κ3) is 3.51. The summed E-state index contributed by atoms with van der Waals surface area (Å²) in [5, 5.41) is 6.37. The number of methoxy groups -OCH3 is 1. The fraction of sp³-hybridized carbons (Fsp3) is 0.562. The zero-order valence-electron chi connectivity index (χ0n) is 12.5. The van der Waals surface area contributed by atoms with Crippen LogP contribution in [0.25, 0.3) is 0 Å². The van der Waals surface area contributed by atoms with Crippen molar-refractivity contribution in [3.63, 3.8) is 0 Å². The van der Waals surface area contributed by atoms with Gasteiger partial charge in [0.1, 0.15) is 5.75 Å². The molecule has 3 atom stereocenters. The van der Waals surface area contributed by atoms with E-state index in [0.29, 0.717) is 5.92 Å². The standard InChI is InChI=1S/C16H24N2O2/c1-11-8-9-17-14(10-11)16(19)18-12(2)13-6-4-5-7-15(13)20-3/h4-7,11-12,14,17H,8-10H2,1-3H3,(H,18,19)/t11?,12-,14?/m0/s1. The van der Waals surface area contributed by atoms with Gasteiger partial charge in [0.2, 0.25) is 5.91 Å². The number of rotatable bonds is 4. The molecule has 0 radical (unpaired) electrons. The molecule has 1 heterocycles. The zero-order valence-corrected chi connectivity index (χ0v) is 12.5. The zero-order chi connectivity index (χ0) is 14.5. The Bertz CT molecular complexity index is 462. The van der Waals surface area contributed by atoms with E-state index in [-0.39, 0.29) is 18.0 Å². The van der Waals surface area contributed by atoms with Gasteiger partial charge >= 0.3 is 0 Å². The van der Waals surface area contributed by atoms with Crippen LogP contribution in [0.15, 0.2) is 24.3 Å². The topological polar surface area (TPSA) is 50.4 Å². The predicted molar refractivity (Wildman–Crippen MR) is 79.7 cm³/mol. The molecule has 2 N–H and O–H groups in total. The first-order valence-corrected chi connectivity index (χ1v) is 7.28. The SMILES string of the molecule is COc1ccccc1[C@H](C)NC(=O)C1CC(C)CCN1. The highest BCUT2D eigenvalue weighted by Gasteiger charge is 2.26. The van der Waals surface area contributed by atoms with Crippen molar-refractivity contribution in [3.8, 4) is 5.75 Å². The van der Waals surface area contributed by atoms with Crippen molar-refractivity contribution in [3.05, 3.63) is 29.8 Å². The van der Waals surface area contributed by atoms with Crippen LogP contribution < -0.4 is 15.4 Å². The Labute approximate surface area is 120 Å². The number of carbonyl (C=O) groups excluding carboxylic acids is 1. The molecule has 20 heavy (non-hydrogen) atoms. The number of nitrogens with one attached hydrogen (secondary N) is 2. The number of amides is 1. The van der Waals surface area contributed by atoms with Gasteiger partial charge in [-0.15, -0.1) is 0 Å². The smallest absolute Gasteiger partial charge is 0.237 e. The summed E-state index contributed by atoms with van der Waals surface area (Å²) in [5.74, 6) is 1.49. The second-order valence-corrected chi connectivity index (χ2v) is 5.61. The number of hydrogen-bond donors (Lipinski definition) is 2. The van der Waals surface area contributed by atoms with Crippen LogP contribution in [-0.2, 0) is 4.79 Å². The van der Waals surface area contributed by atoms with E-state index in [4.69, 9.17) is 4.74 Å². The lowest BCUT2D eigenvalue weighted by Gasteiger charge is -2.28. The van der Waals surface area contributed by atoms with Gasteiger partial charge in [-0.1, -0.05) is 25.1 Å². The predicted octanol–water partition coefficient (Wildman–Crippen LogP) is 2.26. The number of ether oxygens (including phenoxy) is 1. The first-order chi connectivity index (χ1) is 9.61. The summed E-state index contributed by atoms with van der Waals surface area (Å²) in [4.78, 5) is 12.3. The molecule has 0 bridgehead atoms. The summed E-state index contributed by atoms with van der Waals surface area (Å²) in [7, 11) is 1.65. The van der Waals surface area contributed by atoms with Crippen LogP contribution >= 0.6 is 0 Å². The van der Waals surface area contributed by atoms with Gasteiger partial charge in [-0.25, -0.2) is 0 Å². The average Bonchev–Trinajstić information content (AvgIpc) is 2.47. The summed E-state index contributed by atoms with van der Waals surface area (Å²) in [6, 6.07) is 7.66. The lowest BCUT2D eigenvalue weighted by Crippen LogP contribution is -2.48. The van der Waals surface area contributed by atoms with Crippen molar-refractivity contribution < 1.29 is 9.53 Å². The van der Waals surface area contributed by atoms with Crippen LogP contribution in [0, 0.1) is 5.92 Å². The van der Waals surface area contributed by atoms with Crippen LogP contribution in [0.1, 0.15) is 38.3 Å². The molecule has 2 unspecified atom stereocenters. The van der Waals surface area contributed by atoms with Crippen molar-refractivity contribution in [2.45, 2.75) is 38.8 Å². The highest BCUT2D eigenvalue weighted by atomic mass is 16.5. The van der Waals surface area contributed by atoms with E-state index >= 15 is 0 Å². The molecule has 1 fully saturated rings. The summed E-state index contributed by atoms with van der Waals surface area (Å²) in [5.41, 5.74) is 1.01. The van der Waals surface area contributed by atoms with Crippen LogP contribution in [-0.4, -0.2) is 25.6 Å². The number of benzene rings is 1. The molecule has 0 aliphatic carbocycles. The maximum absolute atomic E-state index is 12.3. The van der Waals surface area contributed by atoms with E-state index in [9.17, 15) is 4.79 Å². The summed E-state index contributed by atoms with van der Waals surface area (Å²) in [6.07, 6.45) is 2.05. The highest BCUT2D eigenvalue weighted by Crippen LogP contribution is 2.24. The number of hydrogen-bond acceptors (Lipinski definition) is 3. The fourth-order valence-corrected chi connectivity index (χ4v) is 2.72. The van der Waals surface area contributed by atoms with E-state index in [1.807, 2.05) is 31.2 Å². The van der Waals surface area contributed by atoms with Crippen molar-refractivity contribution in [1.29, 1.82) is 0 Å². The number of para-hydroxylation sites is 1. The Kier molecular flexibility index (Phi) is 5.01. The lowest BCUT2D eigenvalue weighted by molar-refractivity contribution is -0.124. The Morgan fingerprint density at radius 1 is 1.45 bits per heavy atom. The van der Waals surface area contributed by atoms with Crippen LogP contribution in [0.5, 0.6) is 5.75 Å². The van der Waals surface area contributed by atoms with Crippen molar-refractivity contribution in [2.24, 2.45) is 5.92 Å². The van der Waals surface area contributed by atoms with Gasteiger partial charge in [-0.05, 0) is 38.3 Å². The lowest BCUT2D eigenvalue weighted by atomic mass is 9.93. The van der Waals surface area contributed by atoms with Crippen molar-refractivity contribution >= 4 is 5.91 Å². The molecule has 1 aromatic rings. The Hall–Kier alpha value is -1.55. The fourth-order valence-electron chi connectivity index (χ4n) is 2.72. The average molecular weight is 276 g/mol. The molecule has 2 rings (SSSR count). The van der Waals surface area contributed by atoms with Gasteiger partial charge in [-0.3, -0.25) is 4.79 Å². The van der Waals surface area contributed by atoms with E-state index < -0.39 is 0 Å². The van der Waals surface area contributed by atoms with Gasteiger partial charge in [-0.2, -0.15) is 0 Å². The maximum atomic E-state index is 12.3. The van der Waals surface area contributed by atoms with Gasteiger partial charge < -0.3 is 15.4 Å². The van der Waals surface area contributed by atoms with E-state index in [2.05, 4.69) is 17.6 Å². The van der Waals surface area contributed by atoms with Crippen LogP contribution in [0.4, 0.5) is 0 Å². The van der Waals surface area contributed by atoms with E-state index in [1.54, 1.807) is 7.11 Å². The first-order valence-electron chi connectivity index (χ1n) is 7.28. The molecule has 0 aromatic heterocycles. The quantitative estimate of drug-likeness (QED) is 0.887. The van der Waals surface area contributed by atoms with Gasteiger partial charge in [0.05, 0.1) is 19.2 Å². The molecule has 4 nitrogen and oxygen atoms in total. The molecular weight excluding hydrogens is 252 g/mol. The normalized spacial score (nSPS) is 23.9. The minimum absolute atomic E-state index is 0.0577. The second kappa shape index (κ2) is 6.75. The number of carbonyl (C=O) groups is 1. The Balaban J connectivity index is 2.00. The molecule has 1 saturated heterocycles. The molecular formula is C16H24N2O2. The molecule has 1 aromatic carbocycles. The van der Waals surface area contributed by atoms with Crippen LogP contribution in [0.3, 0.4) is 0 Å². The van der Waals surface area contributed by atoms with Crippen LogP contribution in [0.2, 0.25) is 0 Å². The van der Waals surface area contributed by atoms with Crippen molar-refractivity contribution in [2.75, 3.05) is 13.7 Å². The molecule has 0 saturated carbocycles. The summed E-state index contributed by atoms with van der Waals surface area (Å²) in [6.45, 7) is 5.11. The largest absolute Gasteiger partial charge is 0.496 e. The molecule has 1 aliphatic heterocycles. The highest BCUT2D eigenvalue weighted by molar-refractivity contribution is 5.82. The molecule has 4 heteroatoms. The monoisotopic (exact) mass is 276 g/mol. The van der Waals surface area contributed by atoms with E-state index in [0.717, 1.165) is 30.7 Å². The molecule has 0 spiro atoms.